The van der Waals surface area contributed by atoms with Crippen LogP contribution in [0.3, 0.4) is 0 Å². The molecule has 0 saturated carbocycles. The fourth-order valence-corrected chi connectivity index (χ4v) is 5.61. The van der Waals surface area contributed by atoms with Gasteiger partial charge < -0.3 is 0 Å². The lowest BCUT2D eigenvalue weighted by atomic mass is 9.83. The van der Waals surface area contributed by atoms with E-state index in [0.29, 0.717) is 17.6 Å². The van der Waals surface area contributed by atoms with E-state index >= 15 is 0 Å². The Morgan fingerprint density at radius 2 is 1.56 bits per heavy atom. The van der Waals surface area contributed by atoms with Crippen LogP contribution in [0.15, 0.2) is 35.5 Å². The van der Waals surface area contributed by atoms with Gasteiger partial charge in [0.25, 0.3) is 0 Å². The maximum absolute atomic E-state index is 12.6. The molecule has 0 heterocycles. The Hall–Kier alpha value is -1.11. The van der Waals surface area contributed by atoms with Crippen LogP contribution in [0, 0.1) is 29.6 Å². The van der Waals surface area contributed by atoms with E-state index in [1.165, 1.54) is 81.8 Å². The van der Waals surface area contributed by atoms with Crippen LogP contribution in [0.1, 0.15) is 151 Å². The maximum Gasteiger partial charge on any atom is 0.135 e. The molecule has 0 N–H and O–H groups in total. The van der Waals surface area contributed by atoms with Crippen LogP contribution in [0.5, 0.6) is 0 Å². The Morgan fingerprint density at radius 1 is 0.917 bits per heavy atom. The zero-order valence-electron chi connectivity index (χ0n) is 25.5. The number of carbonyl (C=O) groups is 1. The second-order valence-corrected chi connectivity index (χ2v) is 13.0. The minimum absolute atomic E-state index is 0.244. The summed E-state index contributed by atoms with van der Waals surface area (Å²) in [6, 6.07) is 0. The van der Waals surface area contributed by atoms with Crippen LogP contribution in [0.2, 0.25) is 0 Å². The average molecular weight is 499 g/mol. The molecule has 208 valence electrons. The molecule has 0 fully saturated rings. The van der Waals surface area contributed by atoms with Crippen molar-refractivity contribution in [3.63, 3.8) is 0 Å². The van der Waals surface area contributed by atoms with Crippen molar-refractivity contribution in [2.45, 2.75) is 151 Å². The molecular formula is C35H62O. The fraction of sp³-hybridized carbons (Fsp3) is 0.800. The first kappa shape index (κ1) is 32.9. The third kappa shape index (κ3) is 15.9. The summed E-state index contributed by atoms with van der Waals surface area (Å²) in [5, 5.41) is 0. The van der Waals surface area contributed by atoms with Crippen LogP contribution < -0.4 is 0 Å². The summed E-state index contributed by atoms with van der Waals surface area (Å²) in [7, 11) is 0. The molecule has 1 aliphatic carbocycles. The first-order valence-electron chi connectivity index (χ1n) is 15.6. The predicted molar refractivity (Wildman–Crippen MR) is 161 cm³/mol. The van der Waals surface area contributed by atoms with Crippen LogP contribution in [-0.2, 0) is 4.79 Å². The van der Waals surface area contributed by atoms with Crippen molar-refractivity contribution in [1.82, 2.24) is 0 Å². The quantitative estimate of drug-likeness (QED) is 0.152. The minimum Gasteiger partial charge on any atom is -0.299 e. The fourth-order valence-electron chi connectivity index (χ4n) is 5.61. The van der Waals surface area contributed by atoms with E-state index < -0.39 is 0 Å². The van der Waals surface area contributed by atoms with E-state index in [2.05, 4.69) is 67.2 Å². The smallest absolute Gasteiger partial charge is 0.135 e. The van der Waals surface area contributed by atoms with Gasteiger partial charge >= 0.3 is 0 Å². The highest BCUT2D eigenvalue weighted by atomic mass is 16.1. The zero-order valence-corrected chi connectivity index (χ0v) is 25.5. The summed E-state index contributed by atoms with van der Waals surface area (Å²) in [5.74, 6) is 3.72. The van der Waals surface area contributed by atoms with E-state index in [9.17, 15) is 4.79 Å². The van der Waals surface area contributed by atoms with Gasteiger partial charge in [0.15, 0.2) is 0 Å². The van der Waals surface area contributed by atoms with Crippen LogP contribution in [0.4, 0.5) is 0 Å². The molecule has 0 aromatic heterocycles. The number of allylic oxidation sites excluding steroid dienone is 5. The molecule has 0 aliphatic heterocycles. The summed E-state index contributed by atoms with van der Waals surface area (Å²) < 4.78 is 0. The second-order valence-electron chi connectivity index (χ2n) is 13.0. The van der Waals surface area contributed by atoms with E-state index in [0.717, 1.165) is 43.9 Å². The first-order chi connectivity index (χ1) is 17.1. The zero-order chi connectivity index (χ0) is 26.9. The summed E-state index contributed by atoms with van der Waals surface area (Å²) in [6.45, 7) is 20.4. The monoisotopic (exact) mass is 498 g/mol. The molecule has 1 aliphatic rings. The van der Waals surface area contributed by atoms with E-state index in [4.69, 9.17) is 0 Å². The summed E-state index contributed by atoms with van der Waals surface area (Å²) in [6.07, 6.45) is 24.0. The third-order valence-electron chi connectivity index (χ3n) is 8.69. The van der Waals surface area contributed by atoms with E-state index in [-0.39, 0.29) is 5.92 Å². The number of hydrogen-bond acceptors (Lipinski definition) is 1. The second kappa shape index (κ2) is 19.0. The van der Waals surface area contributed by atoms with Crippen molar-refractivity contribution in [3.05, 3.63) is 35.5 Å². The van der Waals surface area contributed by atoms with Gasteiger partial charge in [0.1, 0.15) is 5.78 Å². The van der Waals surface area contributed by atoms with E-state index in [1.807, 2.05) is 0 Å². The van der Waals surface area contributed by atoms with Gasteiger partial charge in [-0.05, 0) is 95.3 Å². The number of carbonyl (C=O) groups excluding carboxylic acids is 1. The maximum atomic E-state index is 12.6. The molecule has 0 saturated heterocycles. The molecule has 0 spiro atoms. The van der Waals surface area contributed by atoms with Crippen molar-refractivity contribution >= 4 is 5.78 Å². The SMILES string of the molecule is C=C(CC/C=C(/C)CCC[C@@H](C)CCC(=O)[C@H](C)CCC[C@H](C)CCCC(C)C)[C@@H]1CC=C(C)CC1. The number of Topliss-reactive ketones (excluding diaryl/α,β-unsaturated/α-hetero) is 1. The topological polar surface area (TPSA) is 17.1 Å². The largest absolute Gasteiger partial charge is 0.299 e. The van der Waals surface area contributed by atoms with Gasteiger partial charge in [0.2, 0.25) is 0 Å². The predicted octanol–water partition coefficient (Wildman–Crippen LogP) is 11.4. The summed E-state index contributed by atoms with van der Waals surface area (Å²) >= 11 is 0. The van der Waals surface area contributed by atoms with Gasteiger partial charge in [-0.15, -0.1) is 0 Å². The molecule has 0 amide bonds. The molecule has 1 rings (SSSR count). The van der Waals surface area contributed by atoms with Crippen LogP contribution in [-0.4, -0.2) is 5.78 Å². The van der Waals surface area contributed by atoms with Crippen molar-refractivity contribution < 1.29 is 4.79 Å². The molecule has 1 heteroatoms. The molecular weight excluding hydrogens is 436 g/mol. The number of ketones is 1. The summed E-state index contributed by atoms with van der Waals surface area (Å²) in [4.78, 5) is 12.6. The molecule has 1 nitrogen and oxygen atoms in total. The summed E-state index contributed by atoms with van der Waals surface area (Å²) in [5.41, 5.74) is 4.53. The number of rotatable bonds is 20. The molecule has 0 bridgehead atoms. The molecule has 36 heavy (non-hydrogen) atoms. The van der Waals surface area contributed by atoms with E-state index in [1.54, 1.807) is 5.57 Å². The normalized spacial score (nSPS) is 19.2. The molecule has 0 radical (unpaired) electrons. The van der Waals surface area contributed by atoms with Gasteiger partial charge in [-0.25, -0.2) is 0 Å². The van der Waals surface area contributed by atoms with Gasteiger partial charge in [0, 0.05) is 12.3 Å². The van der Waals surface area contributed by atoms with Gasteiger partial charge in [-0.2, -0.15) is 0 Å². The Bertz CT molecular complexity index is 679. The van der Waals surface area contributed by atoms with Gasteiger partial charge in [-0.3, -0.25) is 4.79 Å². The minimum atomic E-state index is 0.244. The standard InChI is InChI=1S/C35H62O/c1-27(2)13-9-14-28(3)18-12-20-33(8)35(36)26-23-30(5)16-10-15-29(4)17-11-19-32(7)34-24-21-31(6)22-25-34/h17,21,27-28,30,33-34H,7,9-16,18-20,22-26H2,1-6,8H3/b29-17-/t28-,30-,33-,34-/m1/s1. The lowest BCUT2D eigenvalue weighted by molar-refractivity contribution is -0.122. The third-order valence-corrected chi connectivity index (χ3v) is 8.69. The molecule has 0 aromatic carbocycles. The Morgan fingerprint density at radius 3 is 2.19 bits per heavy atom. The van der Waals surface area contributed by atoms with Crippen molar-refractivity contribution in [1.29, 1.82) is 0 Å². The van der Waals surface area contributed by atoms with Crippen molar-refractivity contribution in [2.24, 2.45) is 29.6 Å². The Balaban J connectivity index is 2.11. The van der Waals surface area contributed by atoms with Gasteiger partial charge in [-0.1, -0.05) is 109 Å². The van der Waals surface area contributed by atoms with Crippen LogP contribution >= 0.6 is 0 Å². The molecule has 0 aromatic rings. The highest BCUT2D eigenvalue weighted by Gasteiger charge is 2.16. The Kier molecular flexibility index (Phi) is 17.4. The molecule has 4 atom stereocenters. The lowest BCUT2D eigenvalue weighted by Crippen LogP contribution is -2.12. The average Bonchev–Trinajstić information content (AvgIpc) is 2.82. The Labute approximate surface area is 226 Å². The lowest BCUT2D eigenvalue weighted by Gasteiger charge is -2.22. The number of hydrogen-bond donors (Lipinski definition) is 0. The van der Waals surface area contributed by atoms with Crippen LogP contribution in [0.25, 0.3) is 0 Å². The van der Waals surface area contributed by atoms with Gasteiger partial charge in [0.05, 0.1) is 0 Å². The highest BCUT2D eigenvalue weighted by Crippen LogP contribution is 2.30. The van der Waals surface area contributed by atoms with Crippen molar-refractivity contribution in [3.8, 4) is 0 Å². The first-order valence-corrected chi connectivity index (χ1v) is 15.6. The highest BCUT2D eigenvalue weighted by molar-refractivity contribution is 5.80. The van der Waals surface area contributed by atoms with Crippen molar-refractivity contribution in [2.75, 3.05) is 0 Å². The molecule has 0 unspecified atom stereocenters.